The van der Waals surface area contributed by atoms with Crippen LogP contribution in [0.25, 0.3) is 0 Å². The Hall–Kier alpha value is -1.06. The van der Waals surface area contributed by atoms with Crippen LogP contribution < -0.4 is 16.4 Å². The summed E-state index contributed by atoms with van der Waals surface area (Å²) in [4.78, 5) is 2.08. The lowest BCUT2D eigenvalue weighted by molar-refractivity contribution is 0.499. The van der Waals surface area contributed by atoms with Gasteiger partial charge in [0.2, 0.25) is 0 Å². The van der Waals surface area contributed by atoms with Gasteiger partial charge in [0.05, 0.1) is 12.3 Å². The van der Waals surface area contributed by atoms with Crippen LogP contribution in [0.15, 0.2) is 30.3 Å². The highest BCUT2D eigenvalue weighted by molar-refractivity contribution is 5.47. The molecule has 0 spiro atoms. The van der Waals surface area contributed by atoms with Crippen LogP contribution in [0.4, 0.5) is 5.69 Å². The summed E-state index contributed by atoms with van der Waals surface area (Å²) in [5.74, 6) is 0. The van der Waals surface area contributed by atoms with Crippen molar-refractivity contribution in [2.24, 2.45) is 11.5 Å². The van der Waals surface area contributed by atoms with E-state index in [1.165, 1.54) is 0 Å². The van der Waals surface area contributed by atoms with Gasteiger partial charge < -0.3 is 16.4 Å². The summed E-state index contributed by atoms with van der Waals surface area (Å²) < 4.78 is 0. The second kappa shape index (κ2) is 5.73. The minimum absolute atomic E-state index is 0.0117. The molecular weight excluding hydrogens is 186 g/mol. The number of hydrogen-bond acceptors (Lipinski definition) is 3. The Labute approximate surface area is 92.1 Å². The summed E-state index contributed by atoms with van der Waals surface area (Å²) in [7, 11) is 0. The van der Waals surface area contributed by atoms with Gasteiger partial charge in [-0.15, -0.1) is 0 Å². The first-order valence-electron chi connectivity index (χ1n) is 5.55. The van der Waals surface area contributed by atoms with Crippen LogP contribution in [0.2, 0.25) is 0 Å². The second-order valence-electron chi connectivity index (χ2n) is 3.69. The molecule has 1 aromatic rings. The molecule has 0 saturated heterocycles. The third kappa shape index (κ3) is 2.94. The molecule has 0 amide bonds. The number of hydrogen-bond donors (Lipinski definition) is 2. The van der Waals surface area contributed by atoms with Gasteiger partial charge >= 0.3 is 0 Å². The van der Waals surface area contributed by atoms with Gasteiger partial charge in [-0.25, -0.2) is 0 Å². The Morgan fingerprint density at radius 2 is 1.47 bits per heavy atom. The van der Waals surface area contributed by atoms with Crippen LogP contribution in [-0.4, -0.2) is 12.3 Å². The topological polar surface area (TPSA) is 55.3 Å². The van der Waals surface area contributed by atoms with Crippen LogP contribution in [0.5, 0.6) is 0 Å². The molecule has 0 radical (unpaired) electrons. The van der Waals surface area contributed by atoms with Gasteiger partial charge in [-0.1, -0.05) is 32.0 Å². The van der Waals surface area contributed by atoms with Gasteiger partial charge in [-0.05, 0) is 25.0 Å². The molecule has 4 N–H and O–H groups in total. The number of para-hydroxylation sites is 1. The summed E-state index contributed by atoms with van der Waals surface area (Å²) in [5.41, 5.74) is 13.2. The summed E-state index contributed by atoms with van der Waals surface area (Å²) in [5, 5.41) is 0. The van der Waals surface area contributed by atoms with Gasteiger partial charge in [0.1, 0.15) is 0 Å². The SMILES string of the molecule is CCC(N)N(c1ccccc1)C(N)CC. The van der Waals surface area contributed by atoms with E-state index in [-0.39, 0.29) is 12.3 Å². The van der Waals surface area contributed by atoms with E-state index in [0.717, 1.165) is 18.5 Å². The molecule has 2 unspecified atom stereocenters. The number of nitrogens with two attached hydrogens (primary N) is 2. The van der Waals surface area contributed by atoms with E-state index in [4.69, 9.17) is 11.5 Å². The fourth-order valence-electron chi connectivity index (χ4n) is 1.62. The number of benzene rings is 1. The fraction of sp³-hybridized carbons (Fsp3) is 0.500. The molecule has 3 nitrogen and oxygen atoms in total. The zero-order chi connectivity index (χ0) is 11.3. The van der Waals surface area contributed by atoms with E-state index in [2.05, 4.69) is 18.7 Å². The van der Waals surface area contributed by atoms with E-state index < -0.39 is 0 Å². The van der Waals surface area contributed by atoms with Crippen LogP contribution >= 0.6 is 0 Å². The lowest BCUT2D eigenvalue weighted by Gasteiger charge is -2.35. The van der Waals surface area contributed by atoms with Crippen molar-refractivity contribution in [2.45, 2.75) is 39.0 Å². The first kappa shape index (κ1) is 12.0. The van der Waals surface area contributed by atoms with E-state index in [1.54, 1.807) is 0 Å². The molecule has 0 bridgehead atoms. The predicted octanol–water partition coefficient (Wildman–Crippen LogP) is 1.88. The molecule has 0 aromatic heterocycles. The van der Waals surface area contributed by atoms with Crippen molar-refractivity contribution < 1.29 is 0 Å². The van der Waals surface area contributed by atoms with Crippen LogP contribution in [0.1, 0.15) is 26.7 Å². The molecule has 0 heterocycles. The quantitative estimate of drug-likeness (QED) is 0.725. The fourth-order valence-corrected chi connectivity index (χ4v) is 1.62. The Morgan fingerprint density at radius 1 is 1.00 bits per heavy atom. The monoisotopic (exact) mass is 207 g/mol. The van der Waals surface area contributed by atoms with Gasteiger partial charge in [-0.2, -0.15) is 0 Å². The first-order valence-corrected chi connectivity index (χ1v) is 5.55. The van der Waals surface area contributed by atoms with Crippen molar-refractivity contribution in [3.63, 3.8) is 0 Å². The molecule has 0 fully saturated rings. The molecule has 1 aromatic carbocycles. The Balaban J connectivity index is 2.91. The number of rotatable bonds is 5. The molecule has 1 rings (SSSR count). The smallest absolute Gasteiger partial charge is 0.0783 e. The number of nitrogens with zero attached hydrogens (tertiary/aromatic N) is 1. The molecule has 2 atom stereocenters. The highest BCUT2D eigenvalue weighted by atomic mass is 15.3. The Morgan fingerprint density at radius 3 is 1.87 bits per heavy atom. The maximum atomic E-state index is 6.07. The highest BCUT2D eigenvalue weighted by Crippen LogP contribution is 2.18. The average Bonchev–Trinajstić information content (AvgIpc) is 2.30. The van der Waals surface area contributed by atoms with Crippen LogP contribution in [-0.2, 0) is 0 Å². The third-order valence-corrected chi connectivity index (χ3v) is 2.61. The van der Waals surface area contributed by atoms with Gasteiger partial charge in [0.15, 0.2) is 0 Å². The molecule has 0 aliphatic rings. The largest absolute Gasteiger partial charge is 0.341 e. The summed E-state index contributed by atoms with van der Waals surface area (Å²) in [6.45, 7) is 4.14. The van der Waals surface area contributed by atoms with E-state index in [0.29, 0.717) is 0 Å². The lowest BCUT2D eigenvalue weighted by Crippen LogP contribution is -2.52. The van der Waals surface area contributed by atoms with Crippen molar-refractivity contribution in [2.75, 3.05) is 4.90 Å². The van der Waals surface area contributed by atoms with Gasteiger partial charge in [-0.3, -0.25) is 0 Å². The van der Waals surface area contributed by atoms with E-state index in [9.17, 15) is 0 Å². The minimum atomic E-state index is -0.0117. The maximum Gasteiger partial charge on any atom is 0.0783 e. The highest BCUT2D eigenvalue weighted by Gasteiger charge is 2.18. The zero-order valence-corrected chi connectivity index (χ0v) is 9.56. The summed E-state index contributed by atoms with van der Waals surface area (Å²) >= 11 is 0. The Bertz CT molecular complexity index is 263. The normalized spacial score (nSPS) is 14.7. The zero-order valence-electron chi connectivity index (χ0n) is 9.56. The minimum Gasteiger partial charge on any atom is -0.341 e. The van der Waals surface area contributed by atoms with Crippen molar-refractivity contribution in [1.82, 2.24) is 0 Å². The average molecular weight is 207 g/mol. The Kier molecular flexibility index (Phi) is 4.59. The lowest BCUT2D eigenvalue weighted by atomic mass is 10.2. The van der Waals surface area contributed by atoms with Gasteiger partial charge in [0, 0.05) is 5.69 Å². The van der Waals surface area contributed by atoms with Crippen molar-refractivity contribution >= 4 is 5.69 Å². The number of anilines is 1. The van der Waals surface area contributed by atoms with Crippen LogP contribution in [0.3, 0.4) is 0 Å². The molecule has 0 saturated carbocycles. The van der Waals surface area contributed by atoms with Crippen molar-refractivity contribution in [1.29, 1.82) is 0 Å². The summed E-state index contributed by atoms with van der Waals surface area (Å²) in [6, 6.07) is 10.1. The molecule has 3 heteroatoms. The van der Waals surface area contributed by atoms with Crippen molar-refractivity contribution in [3.05, 3.63) is 30.3 Å². The third-order valence-electron chi connectivity index (χ3n) is 2.61. The molecular formula is C12H21N3. The standard InChI is InChI=1S/C12H21N3/c1-3-11(13)15(12(14)4-2)10-8-6-5-7-9-10/h5-9,11-12H,3-4,13-14H2,1-2H3. The summed E-state index contributed by atoms with van der Waals surface area (Å²) in [6.07, 6.45) is 1.76. The molecule has 0 aliphatic carbocycles. The maximum absolute atomic E-state index is 6.07. The predicted molar refractivity (Wildman–Crippen MR) is 65.5 cm³/mol. The molecule has 84 valence electrons. The van der Waals surface area contributed by atoms with Crippen molar-refractivity contribution in [3.8, 4) is 0 Å². The molecule has 15 heavy (non-hydrogen) atoms. The first-order chi connectivity index (χ1) is 7.20. The van der Waals surface area contributed by atoms with E-state index >= 15 is 0 Å². The van der Waals surface area contributed by atoms with Crippen LogP contribution in [0, 0.1) is 0 Å². The van der Waals surface area contributed by atoms with Gasteiger partial charge in [0.25, 0.3) is 0 Å². The molecule has 0 aliphatic heterocycles. The second-order valence-corrected chi connectivity index (χ2v) is 3.69. The van der Waals surface area contributed by atoms with E-state index in [1.807, 2.05) is 30.3 Å².